The number of hydrogen-bond acceptors (Lipinski definition) is 2. The fourth-order valence-corrected chi connectivity index (χ4v) is 5.97. The molecule has 0 aromatic heterocycles. The molecule has 0 spiro atoms. The van der Waals surface area contributed by atoms with E-state index in [1.807, 2.05) is 0 Å². The van der Waals surface area contributed by atoms with Gasteiger partial charge in [0.1, 0.15) is 0 Å². The first-order valence-corrected chi connectivity index (χ1v) is 16.9. The molecule has 0 amide bonds. The average Bonchev–Trinajstić information content (AvgIpc) is 2.87. The van der Waals surface area contributed by atoms with E-state index in [0.29, 0.717) is 0 Å². The van der Waals surface area contributed by atoms with Crippen molar-refractivity contribution in [2.24, 2.45) is 0 Å². The van der Waals surface area contributed by atoms with E-state index in [-0.39, 0.29) is 0 Å². The first kappa shape index (κ1) is 35.9. The van der Waals surface area contributed by atoms with E-state index in [1.54, 1.807) is 0 Å². The van der Waals surface area contributed by atoms with Gasteiger partial charge in [-0.15, -0.1) is 0 Å². The minimum absolute atomic E-state index is 0.788. The summed E-state index contributed by atoms with van der Waals surface area (Å²) in [6.45, 7) is 9.07. The fourth-order valence-electron chi connectivity index (χ4n) is 5.97. The highest BCUT2D eigenvalue weighted by atomic mass is 16.4. The molecule has 0 radical (unpaired) electrons. The zero-order valence-electron chi connectivity index (χ0n) is 25.7. The van der Waals surface area contributed by atoms with E-state index in [0.717, 1.165) is 51.4 Å². The third-order valence-corrected chi connectivity index (χ3v) is 8.64. The summed E-state index contributed by atoms with van der Waals surface area (Å²) in [4.78, 5) is 0. The lowest BCUT2D eigenvalue weighted by molar-refractivity contribution is -0.171. The lowest BCUT2D eigenvalue weighted by atomic mass is 9.70. The second kappa shape index (κ2) is 25.2. The molecule has 0 aromatic rings. The Morgan fingerprint density at radius 1 is 0.278 bits per heavy atom. The highest BCUT2D eigenvalue weighted by Crippen LogP contribution is 2.40. The number of rotatable bonds is 29. The SMILES string of the molecule is CCCCCCCCC(O)(CCCCCCCC)C(O)(CCCCCCCC)CCCCCCCC. The van der Waals surface area contributed by atoms with Crippen molar-refractivity contribution in [3.63, 3.8) is 0 Å². The average molecular weight is 511 g/mol. The minimum atomic E-state index is -0.907. The molecule has 2 heteroatoms. The van der Waals surface area contributed by atoms with Gasteiger partial charge in [-0.25, -0.2) is 0 Å². The van der Waals surface area contributed by atoms with Crippen LogP contribution in [0.1, 0.15) is 207 Å². The van der Waals surface area contributed by atoms with Gasteiger partial charge in [0.05, 0.1) is 11.2 Å². The number of aliphatic hydroxyl groups is 2. The molecular formula is C34H70O2. The largest absolute Gasteiger partial charge is 0.387 e. The monoisotopic (exact) mass is 511 g/mol. The minimum Gasteiger partial charge on any atom is -0.387 e. The lowest BCUT2D eigenvalue weighted by Gasteiger charge is -2.45. The van der Waals surface area contributed by atoms with Crippen LogP contribution in [0.3, 0.4) is 0 Å². The summed E-state index contributed by atoms with van der Waals surface area (Å²) in [5.74, 6) is 0. The summed E-state index contributed by atoms with van der Waals surface area (Å²) in [6, 6.07) is 0. The standard InChI is InChI=1S/C34H70O2/c1-5-9-13-17-21-25-29-33(35,30-26-22-18-14-10-6-2)34(36,31-27-23-19-15-11-7-3)32-28-24-20-16-12-8-4/h35-36H,5-32H2,1-4H3. The Morgan fingerprint density at radius 2 is 0.444 bits per heavy atom. The van der Waals surface area contributed by atoms with Gasteiger partial charge in [0, 0.05) is 0 Å². The molecule has 0 aliphatic heterocycles. The molecule has 0 atom stereocenters. The Morgan fingerprint density at radius 3 is 0.639 bits per heavy atom. The van der Waals surface area contributed by atoms with Crippen molar-refractivity contribution in [1.29, 1.82) is 0 Å². The van der Waals surface area contributed by atoms with Gasteiger partial charge in [-0.05, 0) is 25.7 Å². The third-order valence-electron chi connectivity index (χ3n) is 8.64. The summed E-state index contributed by atoms with van der Waals surface area (Å²) in [7, 11) is 0. The van der Waals surface area contributed by atoms with Crippen LogP contribution < -0.4 is 0 Å². The smallest absolute Gasteiger partial charge is 0.0933 e. The Labute approximate surface area is 228 Å². The highest BCUT2D eigenvalue weighted by Gasteiger charge is 2.47. The molecular weight excluding hydrogens is 440 g/mol. The molecule has 0 bridgehead atoms. The quantitative estimate of drug-likeness (QED) is 0.0982. The van der Waals surface area contributed by atoms with Crippen LogP contribution in [-0.4, -0.2) is 21.4 Å². The molecule has 0 fully saturated rings. The molecule has 0 rings (SSSR count). The first-order valence-electron chi connectivity index (χ1n) is 16.9. The van der Waals surface area contributed by atoms with Gasteiger partial charge in [0.25, 0.3) is 0 Å². The topological polar surface area (TPSA) is 40.5 Å². The van der Waals surface area contributed by atoms with Crippen LogP contribution in [0.5, 0.6) is 0 Å². The molecule has 36 heavy (non-hydrogen) atoms. The van der Waals surface area contributed by atoms with E-state index < -0.39 is 11.2 Å². The van der Waals surface area contributed by atoms with Crippen LogP contribution in [0.4, 0.5) is 0 Å². The van der Waals surface area contributed by atoms with E-state index >= 15 is 0 Å². The predicted octanol–water partition coefficient (Wildman–Crippen LogP) is 11.5. The maximum Gasteiger partial charge on any atom is 0.0933 e. The van der Waals surface area contributed by atoms with Crippen LogP contribution >= 0.6 is 0 Å². The van der Waals surface area contributed by atoms with Gasteiger partial charge in [-0.2, -0.15) is 0 Å². The van der Waals surface area contributed by atoms with Gasteiger partial charge in [0.2, 0.25) is 0 Å². The number of hydrogen-bond donors (Lipinski definition) is 2. The zero-order valence-corrected chi connectivity index (χ0v) is 25.7. The van der Waals surface area contributed by atoms with Gasteiger partial charge >= 0.3 is 0 Å². The fraction of sp³-hybridized carbons (Fsp3) is 1.00. The van der Waals surface area contributed by atoms with Gasteiger partial charge in [0.15, 0.2) is 0 Å². The molecule has 2 nitrogen and oxygen atoms in total. The van der Waals surface area contributed by atoms with Crippen molar-refractivity contribution >= 4 is 0 Å². The maximum absolute atomic E-state index is 12.2. The Hall–Kier alpha value is -0.0800. The maximum atomic E-state index is 12.2. The third kappa shape index (κ3) is 18.2. The van der Waals surface area contributed by atoms with Crippen molar-refractivity contribution in [3.8, 4) is 0 Å². The van der Waals surface area contributed by atoms with Crippen molar-refractivity contribution in [1.82, 2.24) is 0 Å². The normalized spacial score (nSPS) is 12.5. The molecule has 2 N–H and O–H groups in total. The Kier molecular flexibility index (Phi) is 25.2. The molecule has 0 aliphatic carbocycles. The van der Waals surface area contributed by atoms with Crippen LogP contribution in [-0.2, 0) is 0 Å². The van der Waals surface area contributed by atoms with E-state index in [2.05, 4.69) is 27.7 Å². The Bertz CT molecular complexity index is 361. The van der Waals surface area contributed by atoms with Crippen LogP contribution in [0, 0.1) is 0 Å². The van der Waals surface area contributed by atoms with E-state index in [9.17, 15) is 10.2 Å². The molecule has 0 saturated heterocycles. The molecule has 218 valence electrons. The van der Waals surface area contributed by atoms with Crippen LogP contribution in [0.2, 0.25) is 0 Å². The summed E-state index contributed by atoms with van der Waals surface area (Å²) in [6.07, 6.45) is 32.9. The second-order valence-corrected chi connectivity index (χ2v) is 12.1. The Balaban J connectivity index is 5.15. The second-order valence-electron chi connectivity index (χ2n) is 12.1. The summed E-state index contributed by atoms with van der Waals surface area (Å²) < 4.78 is 0. The van der Waals surface area contributed by atoms with Gasteiger partial charge in [-0.3, -0.25) is 0 Å². The molecule has 0 saturated carbocycles. The van der Waals surface area contributed by atoms with Gasteiger partial charge in [-0.1, -0.05) is 182 Å². The summed E-state index contributed by atoms with van der Waals surface area (Å²) in [5.41, 5.74) is -1.81. The molecule has 0 heterocycles. The van der Waals surface area contributed by atoms with E-state index in [4.69, 9.17) is 0 Å². The highest BCUT2D eigenvalue weighted by molar-refractivity contribution is 4.99. The lowest BCUT2D eigenvalue weighted by Crippen LogP contribution is -2.54. The first-order chi connectivity index (χ1) is 17.5. The molecule has 0 aliphatic rings. The van der Waals surface area contributed by atoms with Crippen molar-refractivity contribution < 1.29 is 10.2 Å². The van der Waals surface area contributed by atoms with Crippen molar-refractivity contribution in [2.75, 3.05) is 0 Å². The molecule has 0 unspecified atom stereocenters. The van der Waals surface area contributed by atoms with Crippen LogP contribution in [0.15, 0.2) is 0 Å². The van der Waals surface area contributed by atoms with Gasteiger partial charge < -0.3 is 10.2 Å². The zero-order chi connectivity index (χ0) is 26.8. The summed E-state index contributed by atoms with van der Waals surface area (Å²) >= 11 is 0. The van der Waals surface area contributed by atoms with Crippen molar-refractivity contribution in [3.05, 3.63) is 0 Å². The van der Waals surface area contributed by atoms with Crippen molar-refractivity contribution in [2.45, 2.75) is 219 Å². The van der Waals surface area contributed by atoms with Crippen LogP contribution in [0.25, 0.3) is 0 Å². The number of unbranched alkanes of at least 4 members (excludes halogenated alkanes) is 20. The molecule has 0 aromatic carbocycles. The summed E-state index contributed by atoms with van der Waals surface area (Å²) in [5, 5.41) is 24.3. The van der Waals surface area contributed by atoms with E-state index in [1.165, 1.54) is 128 Å². The predicted molar refractivity (Wildman–Crippen MR) is 162 cm³/mol.